The monoisotopic (exact) mass is 337 g/mol. The Balaban J connectivity index is 2.12. The van der Waals surface area contributed by atoms with Crippen LogP contribution in [0.25, 0.3) is 0 Å². The largest absolute Gasteiger partial charge is 0.618 e. The van der Waals surface area contributed by atoms with Gasteiger partial charge >= 0.3 is 0 Å². The molecule has 0 amide bonds. The number of rotatable bonds is 4. The van der Waals surface area contributed by atoms with E-state index < -0.39 is 0 Å². The van der Waals surface area contributed by atoms with Gasteiger partial charge in [0, 0.05) is 22.2 Å². The third kappa shape index (κ3) is 3.58. The molecule has 0 N–H and O–H groups in total. The van der Waals surface area contributed by atoms with Crippen molar-refractivity contribution < 1.29 is 9.52 Å². The highest BCUT2D eigenvalue weighted by Gasteiger charge is 2.19. The molecule has 0 saturated heterocycles. The smallest absolute Gasteiger partial charge is 0.252 e. The number of hydrogen-bond acceptors (Lipinski definition) is 3. The molecule has 0 bridgehead atoms. The molecule has 5 heteroatoms. The second-order valence-corrected chi connectivity index (χ2v) is 6.27. The van der Waals surface area contributed by atoms with E-state index in [0.717, 1.165) is 9.20 Å². The van der Waals surface area contributed by atoms with Crippen LogP contribution in [0.15, 0.2) is 58.2 Å². The maximum absolute atomic E-state index is 12.2. The van der Waals surface area contributed by atoms with Crippen LogP contribution in [0, 0.1) is 5.21 Å². The fourth-order valence-corrected chi connectivity index (χ4v) is 2.78. The van der Waals surface area contributed by atoms with Gasteiger partial charge in [-0.3, -0.25) is 4.79 Å². The minimum Gasteiger partial charge on any atom is -0.618 e. The minimum absolute atomic E-state index is 0.0151. The van der Waals surface area contributed by atoms with Gasteiger partial charge < -0.3 is 5.21 Å². The Kier molecular flexibility index (Phi) is 4.61. The predicted molar refractivity (Wildman–Crippen MR) is 79.2 cm³/mol. The standard InChI is InChI=1S/C14H12BrNO2S/c1-10(19-13-4-2-3-9-16(13)18)14(17)11-5-7-12(15)8-6-11/h2-10H,1H3. The highest BCUT2D eigenvalue weighted by atomic mass is 79.9. The molecular weight excluding hydrogens is 326 g/mol. The van der Waals surface area contributed by atoms with Crippen molar-refractivity contribution in [3.05, 3.63) is 63.9 Å². The molecule has 2 rings (SSSR count). The molecule has 2 aromatic rings. The number of carbonyl (C=O) groups is 1. The van der Waals surface area contributed by atoms with E-state index in [1.165, 1.54) is 18.0 Å². The number of halogens is 1. The van der Waals surface area contributed by atoms with Gasteiger partial charge in [0.25, 0.3) is 5.03 Å². The molecule has 0 radical (unpaired) electrons. The second kappa shape index (κ2) is 6.21. The van der Waals surface area contributed by atoms with E-state index in [0.29, 0.717) is 10.6 Å². The summed E-state index contributed by atoms with van der Waals surface area (Å²) in [6.45, 7) is 1.81. The summed E-state index contributed by atoms with van der Waals surface area (Å²) < 4.78 is 1.71. The normalized spacial score (nSPS) is 12.1. The second-order valence-electron chi connectivity index (χ2n) is 4.00. The first-order valence-corrected chi connectivity index (χ1v) is 7.40. The third-order valence-electron chi connectivity index (χ3n) is 2.58. The van der Waals surface area contributed by atoms with E-state index >= 15 is 0 Å². The SMILES string of the molecule is CC(Sc1cccc[n+]1[O-])C(=O)c1ccc(Br)cc1. The molecule has 1 atom stereocenters. The zero-order valence-corrected chi connectivity index (χ0v) is 12.6. The maximum Gasteiger partial charge on any atom is 0.252 e. The summed E-state index contributed by atoms with van der Waals surface area (Å²) in [4.78, 5) is 12.2. The Labute approximate surface area is 124 Å². The van der Waals surface area contributed by atoms with Crippen molar-refractivity contribution in [2.75, 3.05) is 0 Å². The number of benzene rings is 1. The quantitative estimate of drug-likeness (QED) is 0.371. The lowest BCUT2D eigenvalue weighted by Crippen LogP contribution is -2.29. The zero-order valence-electron chi connectivity index (χ0n) is 10.2. The highest BCUT2D eigenvalue weighted by molar-refractivity contribution is 9.10. The Morgan fingerprint density at radius 3 is 2.58 bits per heavy atom. The van der Waals surface area contributed by atoms with Crippen LogP contribution in [-0.4, -0.2) is 11.0 Å². The summed E-state index contributed by atoms with van der Waals surface area (Å²) in [5.74, 6) is 0.0151. The van der Waals surface area contributed by atoms with Gasteiger partial charge in [0.1, 0.15) is 0 Å². The van der Waals surface area contributed by atoms with E-state index in [2.05, 4.69) is 15.9 Å². The van der Waals surface area contributed by atoms with Crippen LogP contribution >= 0.6 is 27.7 Å². The predicted octanol–water partition coefficient (Wildman–Crippen LogP) is 3.45. The van der Waals surface area contributed by atoms with Crippen LogP contribution in [0.4, 0.5) is 0 Å². The molecule has 98 valence electrons. The first-order chi connectivity index (χ1) is 9.08. The molecule has 3 nitrogen and oxygen atoms in total. The van der Waals surface area contributed by atoms with Crippen LogP contribution in [0.3, 0.4) is 0 Å². The molecule has 0 aliphatic carbocycles. The Hall–Kier alpha value is -1.33. The molecule has 0 saturated carbocycles. The fraction of sp³-hybridized carbons (Fsp3) is 0.143. The van der Waals surface area contributed by atoms with Crippen molar-refractivity contribution in [3.63, 3.8) is 0 Å². The first kappa shape index (κ1) is 14.1. The number of aromatic nitrogens is 1. The molecule has 1 heterocycles. The lowest BCUT2D eigenvalue weighted by atomic mass is 10.1. The van der Waals surface area contributed by atoms with Gasteiger partial charge in [-0.25, -0.2) is 0 Å². The Morgan fingerprint density at radius 1 is 1.26 bits per heavy atom. The van der Waals surface area contributed by atoms with Crippen LogP contribution in [0.2, 0.25) is 0 Å². The van der Waals surface area contributed by atoms with Crippen LogP contribution in [-0.2, 0) is 0 Å². The number of nitrogens with zero attached hydrogens (tertiary/aromatic N) is 1. The number of carbonyl (C=O) groups excluding carboxylic acids is 1. The summed E-state index contributed by atoms with van der Waals surface area (Å²) in [6.07, 6.45) is 1.43. The van der Waals surface area contributed by atoms with E-state index in [9.17, 15) is 10.0 Å². The van der Waals surface area contributed by atoms with Crippen molar-refractivity contribution >= 4 is 33.5 Å². The first-order valence-electron chi connectivity index (χ1n) is 5.72. The molecule has 1 aromatic heterocycles. The summed E-state index contributed by atoms with van der Waals surface area (Å²) in [7, 11) is 0. The van der Waals surface area contributed by atoms with Gasteiger partial charge in [-0.15, -0.1) is 0 Å². The molecule has 0 aliphatic rings. The summed E-state index contributed by atoms with van der Waals surface area (Å²) in [5, 5.41) is 11.8. The van der Waals surface area contributed by atoms with E-state index in [1.54, 1.807) is 30.3 Å². The van der Waals surface area contributed by atoms with Gasteiger partial charge in [0.2, 0.25) is 0 Å². The Morgan fingerprint density at radius 2 is 1.95 bits per heavy atom. The van der Waals surface area contributed by atoms with Gasteiger partial charge in [-0.05, 0) is 36.9 Å². The van der Waals surface area contributed by atoms with Gasteiger partial charge in [0.15, 0.2) is 12.0 Å². The fourth-order valence-electron chi connectivity index (χ4n) is 1.59. The van der Waals surface area contributed by atoms with Gasteiger partial charge in [0.05, 0.1) is 5.25 Å². The van der Waals surface area contributed by atoms with E-state index in [4.69, 9.17) is 0 Å². The van der Waals surface area contributed by atoms with Crippen molar-refractivity contribution in [3.8, 4) is 0 Å². The molecule has 1 aromatic carbocycles. The number of thioether (sulfide) groups is 1. The minimum atomic E-state index is -0.302. The summed E-state index contributed by atoms with van der Waals surface area (Å²) in [6, 6.07) is 12.4. The summed E-state index contributed by atoms with van der Waals surface area (Å²) >= 11 is 4.60. The average molecular weight is 338 g/mol. The molecule has 0 aliphatic heterocycles. The highest BCUT2D eigenvalue weighted by Crippen LogP contribution is 2.23. The van der Waals surface area contributed by atoms with Crippen LogP contribution in [0.1, 0.15) is 17.3 Å². The lowest BCUT2D eigenvalue weighted by molar-refractivity contribution is -0.645. The topological polar surface area (TPSA) is 44.0 Å². The van der Waals surface area contributed by atoms with Crippen molar-refractivity contribution in [1.82, 2.24) is 0 Å². The maximum atomic E-state index is 12.2. The lowest BCUT2D eigenvalue weighted by Gasteiger charge is -2.10. The molecule has 0 spiro atoms. The third-order valence-corrected chi connectivity index (χ3v) is 4.24. The number of pyridine rings is 1. The summed E-state index contributed by atoms with van der Waals surface area (Å²) in [5.41, 5.74) is 0.650. The van der Waals surface area contributed by atoms with Crippen molar-refractivity contribution in [2.45, 2.75) is 17.2 Å². The van der Waals surface area contributed by atoms with Crippen molar-refractivity contribution in [2.24, 2.45) is 0 Å². The number of Topliss-reactive ketones (excluding diaryl/α,β-unsaturated/α-hetero) is 1. The number of hydrogen-bond donors (Lipinski definition) is 0. The zero-order chi connectivity index (χ0) is 13.8. The van der Waals surface area contributed by atoms with Crippen molar-refractivity contribution in [1.29, 1.82) is 0 Å². The Bertz CT molecular complexity index is 586. The van der Waals surface area contributed by atoms with Crippen LogP contribution in [0.5, 0.6) is 0 Å². The molecule has 19 heavy (non-hydrogen) atoms. The van der Waals surface area contributed by atoms with E-state index in [-0.39, 0.29) is 11.0 Å². The average Bonchev–Trinajstić information content (AvgIpc) is 2.41. The molecule has 0 fully saturated rings. The number of ketones is 1. The van der Waals surface area contributed by atoms with Gasteiger partial charge in [-0.1, -0.05) is 28.1 Å². The van der Waals surface area contributed by atoms with Crippen LogP contribution < -0.4 is 4.73 Å². The molecule has 1 unspecified atom stereocenters. The van der Waals surface area contributed by atoms with Gasteiger partial charge in [-0.2, -0.15) is 4.73 Å². The van der Waals surface area contributed by atoms with E-state index in [1.807, 2.05) is 19.1 Å². The molecular formula is C14H12BrNO2S.